The molecule has 2 fully saturated rings. The summed E-state index contributed by atoms with van der Waals surface area (Å²) in [4.78, 5) is 28.2. The molecule has 0 spiro atoms. The van der Waals surface area contributed by atoms with Crippen molar-refractivity contribution in [2.24, 2.45) is 5.92 Å². The molecule has 1 aliphatic heterocycles. The van der Waals surface area contributed by atoms with Crippen LogP contribution in [0.2, 0.25) is 0 Å². The number of likely N-dealkylation sites (N-methyl/N-ethyl adjacent to an activating group) is 1. The topological polar surface area (TPSA) is 57.5 Å². The SMILES string of the molecule is CN(C)c1ncc(-c2cc(C(=O)N3CCC(N(C)C)C3)n(CC3CC3)c2)cn1. The van der Waals surface area contributed by atoms with E-state index in [9.17, 15) is 4.79 Å². The molecule has 2 aromatic rings. The summed E-state index contributed by atoms with van der Waals surface area (Å²) in [7, 11) is 8.03. The van der Waals surface area contributed by atoms with Crippen molar-refractivity contribution in [3.05, 3.63) is 30.4 Å². The van der Waals surface area contributed by atoms with Crippen LogP contribution in [-0.2, 0) is 6.54 Å². The van der Waals surface area contributed by atoms with Gasteiger partial charge in [-0.2, -0.15) is 0 Å². The molecule has 0 N–H and O–H groups in total. The number of amides is 1. The fraction of sp³-hybridized carbons (Fsp3) is 0.571. The Morgan fingerprint density at radius 2 is 1.82 bits per heavy atom. The van der Waals surface area contributed by atoms with Crippen LogP contribution < -0.4 is 4.90 Å². The fourth-order valence-corrected chi connectivity index (χ4v) is 3.79. The van der Waals surface area contributed by atoms with Crippen LogP contribution in [0, 0.1) is 5.92 Å². The standard InChI is InChI=1S/C21H30N6O/c1-24(2)18-7-8-26(14-18)20(28)19-9-16(13-27(19)12-15-5-6-15)17-10-22-21(23-11-17)25(3)4/h9-11,13,15,18H,5-8,12,14H2,1-4H3. The lowest BCUT2D eigenvalue weighted by Crippen LogP contribution is -2.35. The highest BCUT2D eigenvalue weighted by molar-refractivity contribution is 5.94. The smallest absolute Gasteiger partial charge is 0.270 e. The van der Waals surface area contributed by atoms with Crippen LogP contribution in [0.15, 0.2) is 24.7 Å². The van der Waals surface area contributed by atoms with Gasteiger partial charge in [-0.15, -0.1) is 0 Å². The van der Waals surface area contributed by atoms with Crippen molar-refractivity contribution in [3.8, 4) is 11.1 Å². The van der Waals surface area contributed by atoms with E-state index >= 15 is 0 Å². The first-order chi connectivity index (χ1) is 13.4. The number of nitrogens with zero attached hydrogens (tertiary/aromatic N) is 6. The molecular formula is C21H30N6O. The zero-order valence-electron chi connectivity index (χ0n) is 17.3. The first-order valence-corrected chi connectivity index (χ1v) is 10.1. The number of likely N-dealkylation sites (tertiary alicyclic amines) is 1. The molecule has 3 heterocycles. The van der Waals surface area contributed by atoms with Crippen molar-refractivity contribution in [2.75, 3.05) is 46.2 Å². The van der Waals surface area contributed by atoms with Crippen molar-refractivity contribution in [3.63, 3.8) is 0 Å². The third-order valence-electron chi connectivity index (χ3n) is 5.82. The summed E-state index contributed by atoms with van der Waals surface area (Å²) in [6.45, 7) is 2.55. The molecule has 0 radical (unpaired) electrons. The maximum atomic E-state index is 13.3. The first-order valence-electron chi connectivity index (χ1n) is 10.1. The van der Waals surface area contributed by atoms with Crippen LogP contribution >= 0.6 is 0 Å². The summed E-state index contributed by atoms with van der Waals surface area (Å²) in [6, 6.07) is 2.46. The second-order valence-corrected chi connectivity index (χ2v) is 8.53. The van der Waals surface area contributed by atoms with Gasteiger partial charge in [0, 0.05) is 69.5 Å². The van der Waals surface area contributed by atoms with Crippen molar-refractivity contribution in [1.82, 2.24) is 24.3 Å². The third kappa shape index (κ3) is 3.90. The number of rotatable bonds is 6. The van der Waals surface area contributed by atoms with Gasteiger partial charge in [0.15, 0.2) is 0 Å². The molecular weight excluding hydrogens is 352 g/mol. The van der Waals surface area contributed by atoms with Crippen molar-refractivity contribution >= 4 is 11.9 Å². The highest BCUT2D eigenvalue weighted by Gasteiger charge is 2.31. The molecule has 1 unspecified atom stereocenters. The number of carbonyl (C=O) groups excluding carboxylic acids is 1. The number of hydrogen-bond donors (Lipinski definition) is 0. The molecule has 1 aliphatic carbocycles. The molecule has 0 bridgehead atoms. The molecule has 28 heavy (non-hydrogen) atoms. The molecule has 150 valence electrons. The van der Waals surface area contributed by atoms with Gasteiger partial charge in [0.05, 0.1) is 0 Å². The van der Waals surface area contributed by atoms with E-state index in [0.29, 0.717) is 17.9 Å². The number of aromatic nitrogens is 3. The molecule has 2 aliphatic rings. The highest BCUT2D eigenvalue weighted by atomic mass is 16.2. The number of anilines is 1. The van der Waals surface area contributed by atoms with E-state index in [-0.39, 0.29) is 5.91 Å². The van der Waals surface area contributed by atoms with E-state index in [1.54, 1.807) is 0 Å². The summed E-state index contributed by atoms with van der Waals surface area (Å²) in [5, 5.41) is 0. The second kappa shape index (κ2) is 7.54. The van der Waals surface area contributed by atoms with E-state index < -0.39 is 0 Å². The van der Waals surface area contributed by atoms with E-state index in [4.69, 9.17) is 0 Å². The molecule has 0 aromatic carbocycles. The van der Waals surface area contributed by atoms with Crippen LogP contribution in [0.3, 0.4) is 0 Å². The summed E-state index contributed by atoms with van der Waals surface area (Å²) in [5.41, 5.74) is 2.75. The van der Waals surface area contributed by atoms with Gasteiger partial charge in [-0.05, 0) is 45.3 Å². The van der Waals surface area contributed by atoms with E-state index in [1.807, 2.05) is 42.4 Å². The van der Waals surface area contributed by atoms with Gasteiger partial charge in [-0.25, -0.2) is 9.97 Å². The normalized spacial score (nSPS) is 19.5. The van der Waals surface area contributed by atoms with Gasteiger partial charge in [0.2, 0.25) is 5.95 Å². The monoisotopic (exact) mass is 382 g/mol. The Morgan fingerprint density at radius 1 is 1.11 bits per heavy atom. The average molecular weight is 383 g/mol. The quantitative estimate of drug-likeness (QED) is 0.767. The van der Waals surface area contributed by atoms with Gasteiger partial charge in [0.25, 0.3) is 5.91 Å². The molecule has 1 atom stereocenters. The Hall–Kier alpha value is -2.41. The minimum atomic E-state index is 0.141. The molecule has 1 amide bonds. The Bertz CT molecular complexity index is 837. The van der Waals surface area contributed by atoms with E-state index in [1.165, 1.54) is 12.8 Å². The average Bonchev–Trinajstić information content (AvgIpc) is 3.19. The highest BCUT2D eigenvalue weighted by Crippen LogP contribution is 2.33. The maximum absolute atomic E-state index is 13.3. The molecule has 1 saturated carbocycles. The summed E-state index contributed by atoms with van der Waals surface area (Å²) in [5.74, 6) is 1.53. The lowest BCUT2D eigenvalue weighted by Gasteiger charge is -2.21. The lowest BCUT2D eigenvalue weighted by atomic mass is 10.2. The van der Waals surface area contributed by atoms with E-state index in [0.717, 1.165) is 42.9 Å². The van der Waals surface area contributed by atoms with E-state index in [2.05, 4.69) is 39.7 Å². The number of carbonyl (C=O) groups is 1. The molecule has 2 aromatic heterocycles. The van der Waals surface area contributed by atoms with Gasteiger partial charge in [-0.1, -0.05) is 0 Å². The van der Waals surface area contributed by atoms with Crippen LogP contribution in [0.25, 0.3) is 11.1 Å². The predicted molar refractivity (Wildman–Crippen MR) is 111 cm³/mol. The van der Waals surface area contributed by atoms with Gasteiger partial charge < -0.3 is 19.3 Å². The lowest BCUT2D eigenvalue weighted by molar-refractivity contribution is 0.0772. The zero-order valence-corrected chi connectivity index (χ0v) is 17.3. The minimum Gasteiger partial charge on any atom is -0.347 e. The van der Waals surface area contributed by atoms with Gasteiger partial charge in [0.1, 0.15) is 5.69 Å². The molecule has 7 nitrogen and oxygen atoms in total. The van der Waals surface area contributed by atoms with Crippen LogP contribution in [0.4, 0.5) is 5.95 Å². The Morgan fingerprint density at radius 3 is 2.39 bits per heavy atom. The third-order valence-corrected chi connectivity index (χ3v) is 5.82. The Labute approximate surface area is 167 Å². The van der Waals surface area contributed by atoms with Crippen molar-refractivity contribution in [2.45, 2.75) is 31.8 Å². The Kier molecular flexibility index (Phi) is 5.10. The summed E-state index contributed by atoms with van der Waals surface area (Å²) < 4.78 is 2.15. The summed E-state index contributed by atoms with van der Waals surface area (Å²) in [6.07, 6.45) is 9.33. The first kappa shape index (κ1) is 18.9. The molecule has 4 rings (SSSR count). The molecule has 7 heteroatoms. The zero-order chi connectivity index (χ0) is 19.8. The largest absolute Gasteiger partial charge is 0.347 e. The number of hydrogen-bond acceptors (Lipinski definition) is 5. The maximum Gasteiger partial charge on any atom is 0.270 e. The van der Waals surface area contributed by atoms with Crippen molar-refractivity contribution < 1.29 is 4.79 Å². The second-order valence-electron chi connectivity index (χ2n) is 8.53. The van der Waals surface area contributed by atoms with Crippen LogP contribution in [0.5, 0.6) is 0 Å². The van der Waals surface area contributed by atoms with Crippen LogP contribution in [0.1, 0.15) is 29.8 Å². The molecule has 1 saturated heterocycles. The van der Waals surface area contributed by atoms with Gasteiger partial charge in [-0.3, -0.25) is 4.79 Å². The predicted octanol–water partition coefficient (Wildman–Crippen LogP) is 2.20. The fourth-order valence-electron chi connectivity index (χ4n) is 3.79. The van der Waals surface area contributed by atoms with Crippen molar-refractivity contribution in [1.29, 1.82) is 0 Å². The minimum absolute atomic E-state index is 0.141. The van der Waals surface area contributed by atoms with Crippen LogP contribution in [-0.4, -0.2) is 77.6 Å². The Balaban J connectivity index is 1.60. The summed E-state index contributed by atoms with van der Waals surface area (Å²) >= 11 is 0. The van der Waals surface area contributed by atoms with Gasteiger partial charge >= 0.3 is 0 Å².